The molecule has 3 aromatic rings. The summed E-state index contributed by atoms with van der Waals surface area (Å²) in [6.45, 7) is 4.17. The Hall–Kier alpha value is -2.48. The highest BCUT2D eigenvalue weighted by Crippen LogP contribution is 2.41. The van der Waals surface area contributed by atoms with Gasteiger partial charge in [0.2, 0.25) is 16.3 Å². The van der Waals surface area contributed by atoms with E-state index in [1.807, 2.05) is 37.2 Å². The van der Waals surface area contributed by atoms with Crippen LogP contribution in [0.1, 0.15) is 50.2 Å². The van der Waals surface area contributed by atoms with Gasteiger partial charge in [0, 0.05) is 31.6 Å². The summed E-state index contributed by atoms with van der Waals surface area (Å²) >= 11 is 1.44. The molecular weight excluding hydrogens is 358 g/mol. The van der Waals surface area contributed by atoms with E-state index in [-0.39, 0.29) is 5.92 Å². The highest BCUT2D eigenvalue weighted by molar-refractivity contribution is 7.99. The summed E-state index contributed by atoms with van der Waals surface area (Å²) < 4.78 is 2.14. The van der Waals surface area contributed by atoms with Crippen molar-refractivity contribution in [2.24, 2.45) is 0 Å². The number of aromatic nitrogens is 6. The van der Waals surface area contributed by atoms with Crippen LogP contribution in [0.2, 0.25) is 0 Å². The van der Waals surface area contributed by atoms with Gasteiger partial charge in [-0.25, -0.2) is 4.98 Å². The molecule has 2 heterocycles. The quantitative estimate of drug-likeness (QED) is 0.645. The first-order valence-corrected chi connectivity index (χ1v) is 9.96. The summed E-state index contributed by atoms with van der Waals surface area (Å²) in [6, 6.07) is 10.2. The molecule has 8 heteroatoms. The lowest BCUT2D eigenvalue weighted by molar-refractivity contribution is 0.714. The number of nitrogens with zero attached hydrogens (tertiary/aromatic N) is 7. The number of benzene rings is 1. The van der Waals surface area contributed by atoms with Gasteiger partial charge in [0.1, 0.15) is 11.6 Å². The van der Waals surface area contributed by atoms with Crippen molar-refractivity contribution in [2.75, 3.05) is 19.0 Å². The minimum Gasteiger partial charge on any atom is -0.347 e. The predicted octanol–water partition coefficient (Wildman–Crippen LogP) is 3.67. The Morgan fingerprint density at radius 2 is 1.78 bits per heavy atom. The number of anilines is 1. The molecule has 0 atom stereocenters. The maximum absolute atomic E-state index is 4.65. The fourth-order valence-electron chi connectivity index (χ4n) is 2.72. The fourth-order valence-corrected chi connectivity index (χ4v) is 3.52. The summed E-state index contributed by atoms with van der Waals surface area (Å²) in [5, 5.41) is 10.4. The van der Waals surface area contributed by atoms with Gasteiger partial charge in [-0.05, 0) is 36.7 Å². The van der Waals surface area contributed by atoms with Crippen LogP contribution in [0.3, 0.4) is 0 Å². The molecule has 2 aromatic heterocycles. The summed E-state index contributed by atoms with van der Waals surface area (Å²) in [5.41, 5.74) is 1.07. The van der Waals surface area contributed by atoms with Crippen LogP contribution >= 0.6 is 11.8 Å². The van der Waals surface area contributed by atoms with E-state index in [1.54, 1.807) is 0 Å². The maximum atomic E-state index is 4.65. The van der Waals surface area contributed by atoms with Crippen molar-refractivity contribution in [3.63, 3.8) is 0 Å². The van der Waals surface area contributed by atoms with E-state index in [1.165, 1.54) is 24.6 Å². The van der Waals surface area contributed by atoms with E-state index in [9.17, 15) is 0 Å². The van der Waals surface area contributed by atoms with Crippen LogP contribution in [0.25, 0.3) is 5.69 Å². The number of hydrogen-bond acceptors (Lipinski definition) is 7. The first-order chi connectivity index (χ1) is 13.0. The molecule has 1 aliphatic rings. The summed E-state index contributed by atoms with van der Waals surface area (Å²) in [7, 11) is 3.87. The van der Waals surface area contributed by atoms with Gasteiger partial charge in [-0.2, -0.15) is 9.97 Å². The van der Waals surface area contributed by atoms with Crippen molar-refractivity contribution in [3.05, 3.63) is 42.0 Å². The summed E-state index contributed by atoms with van der Waals surface area (Å²) in [4.78, 5) is 15.7. The highest BCUT2D eigenvalue weighted by Gasteiger charge is 2.31. The Morgan fingerprint density at radius 3 is 2.41 bits per heavy atom. The lowest BCUT2D eigenvalue weighted by atomic mass is 10.2. The van der Waals surface area contributed by atoms with Gasteiger partial charge in [0.15, 0.2) is 0 Å². The summed E-state index contributed by atoms with van der Waals surface area (Å²) in [6.07, 6.45) is 2.34. The van der Waals surface area contributed by atoms with E-state index < -0.39 is 0 Å². The Balaban J connectivity index is 1.75. The zero-order valence-corrected chi connectivity index (χ0v) is 16.8. The predicted molar refractivity (Wildman–Crippen MR) is 106 cm³/mol. The first-order valence-electron chi connectivity index (χ1n) is 9.15. The Bertz CT molecular complexity index is 906. The second-order valence-electron chi connectivity index (χ2n) is 7.21. The third kappa shape index (κ3) is 3.80. The molecule has 0 amide bonds. The van der Waals surface area contributed by atoms with Gasteiger partial charge < -0.3 is 4.90 Å². The lowest BCUT2D eigenvalue weighted by Crippen LogP contribution is -2.16. The van der Waals surface area contributed by atoms with Crippen LogP contribution in [-0.2, 0) is 0 Å². The first kappa shape index (κ1) is 17.9. The van der Waals surface area contributed by atoms with Gasteiger partial charge in [0.05, 0.1) is 0 Å². The molecule has 0 bridgehead atoms. The van der Waals surface area contributed by atoms with Crippen LogP contribution in [0.4, 0.5) is 5.95 Å². The average Bonchev–Trinajstić information content (AvgIpc) is 3.43. The normalized spacial score (nSPS) is 14.0. The maximum Gasteiger partial charge on any atom is 0.229 e. The second-order valence-corrected chi connectivity index (χ2v) is 8.15. The number of rotatable bonds is 6. The molecule has 1 saturated carbocycles. The molecule has 0 aliphatic heterocycles. The molecule has 0 radical (unpaired) electrons. The van der Waals surface area contributed by atoms with Gasteiger partial charge in [-0.15, -0.1) is 10.2 Å². The molecule has 1 aliphatic carbocycles. The van der Waals surface area contributed by atoms with E-state index in [2.05, 4.69) is 55.7 Å². The molecule has 0 spiro atoms. The Morgan fingerprint density at radius 1 is 1.04 bits per heavy atom. The topological polar surface area (TPSA) is 72.6 Å². The fraction of sp³-hybridized carbons (Fsp3) is 0.421. The molecular formula is C19H23N7S. The van der Waals surface area contributed by atoms with Gasteiger partial charge >= 0.3 is 0 Å². The smallest absolute Gasteiger partial charge is 0.229 e. The molecule has 140 valence electrons. The number of para-hydroxylation sites is 1. The summed E-state index contributed by atoms with van der Waals surface area (Å²) in [5.74, 6) is 3.18. The van der Waals surface area contributed by atoms with Crippen LogP contribution in [0.5, 0.6) is 0 Å². The van der Waals surface area contributed by atoms with Crippen LogP contribution in [-0.4, -0.2) is 43.8 Å². The third-order valence-electron chi connectivity index (χ3n) is 4.33. The molecule has 0 saturated heterocycles. The van der Waals surface area contributed by atoms with Crippen molar-refractivity contribution in [1.29, 1.82) is 0 Å². The number of hydrogen-bond donors (Lipinski definition) is 0. The molecule has 7 nitrogen and oxygen atoms in total. The highest BCUT2D eigenvalue weighted by atomic mass is 32.2. The standard InChI is InChI=1S/C19H23N7S/c1-12(2)15-20-17(25(3)4)22-18(21-15)27-19-24-23-16(13-10-11-13)26(19)14-8-6-5-7-9-14/h5-9,12-13H,10-11H2,1-4H3. The minimum atomic E-state index is 0.222. The van der Waals surface area contributed by atoms with Crippen molar-refractivity contribution < 1.29 is 0 Å². The average molecular weight is 382 g/mol. The van der Waals surface area contributed by atoms with Gasteiger partial charge in [-0.1, -0.05) is 32.0 Å². The van der Waals surface area contributed by atoms with Gasteiger partial charge in [-0.3, -0.25) is 4.57 Å². The van der Waals surface area contributed by atoms with Crippen molar-refractivity contribution >= 4 is 17.7 Å². The molecule has 27 heavy (non-hydrogen) atoms. The molecule has 0 N–H and O–H groups in total. The van der Waals surface area contributed by atoms with Gasteiger partial charge in [0.25, 0.3) is 0 Å². The SMILES string of the molecule is CC(C)c1nc(Sc2nnc(C3CC3)n2-c2ccccc2)nc(N(C)C)n1. The van der Waals surface area contributed by atoms with Crippen LogP contribution in [0, 0.1) is 0 Å². The van der Waals surface area contributed by atoms with Crippen LogP contribution < -0.4 is 4.90 Å². The molecule has 1 fully saturated rings. The second kappa shape index (κ2) is 7.26. The lowest BCUT2D eigenvalue weighted by Gasteiger charge is -2.14. The zero-order valence-electron chi connectivity index (χ0n) is 16.0. The van der Waals surface area contributed by atoms with E-state index >= 15 is 0 Å². The van der Waals surface area contributed by atoms with E-state index in [0.717, 1.165) is 22.5 Å². The minimum absolute atomic E-state index is 0.222. The van der Waals surface area contributed by atoms with Crippen molar-refractivity contribution in [1.82, 2.24) is 29.7 Å². The Kier molecular flexibility index (Phi) is 4.82. The van der Waals surface area contributed by atoms with Crippen LogP contribution in [0.15, 0.2) is 40.6 Å². The van der Waals surface area contributed by atoms with Crippen molar-refractivity contribution in [3.8, 4) is 5.69 Å². The largest absolute Gasteiger partial charge is 0.347 e. The molecule has 4 rings (SSSR count). The Labute approximate surface area is 163 Å². The van der Waals surface area contributed by atoms with E-state index in [0.29, 0.717) is 17.0 Å². The van der Waals surface area contributed by atoms with Crippen molar-refractivity contribution in [2.45, 2.75) is 48.8 Å². The molecule has 1 aromatic carbocycles. The zero-order chi connectivity index (χ0) is 19.0. The third-order valence-corrected chi connectivity index (χ3v) is 5.15. The van der Waals surface area contributed by atoms with E-state index in [4.69, 9.17) is 0 Å². The molecule has 0 unspecified atom stereocenters. The monoisotopic (exact) mass is 381 g/mol.